The summed E-state index contributed by atoms with van der Waals surface area (Å²) < 4.78 is 5.46. The summed E-state index contributed by atoms with van der Waals surface area (Å²) in [6, 6.07) is 3.59. The van der Waals surface area contributed by atoms with Crippen LogP contribution in [0.15, 0.2) is 16.6 Å². The molecule has 0 amide bonds. The van der Waals surface area contributed by atoms with E-state index in [2.05, 4.69) is 20.7 Å². The number of rotatable bonds is 2. The van der Waals surface area contributed by atoms with Crippen molar-refractivity contribution in [3.05, 3.63) is 32.8 Å². The molecular formula is C10H10BrClO2. The van der Waals surface area contributed by atoms with Gasteiger partial charge in [-0.05, 0) is 24.1 Å². The van der Waals surface area contributed by atoms with E-state index in [-0.39, 0.29) is 12.4 Å². The lowest BCUT2D eigenvalue weighted by Crippen LogP contribution is -2.05. The standard InChI is InChI=1S/C10H10BrClO2/c1-6-8(12)4-3-7(10(6)11)5-9(13)14-2/h3-4H,5H2,1-2H3. The fourth-order valence-electron chi connectivity index (χ4n) is 1.08. The van der Waals surface area contributed by atoms with Gasteiger partial charge in [0.25, 0.3) is 0 Å². The van der Waals surface area contributed by atoms with Gasteiger partial charge in [-0.15, -0.1) is 0 Å². The summed E-state index contributed by atoms with van der Waals surface area (Å²) in [6.07, 6.45) is 0.259. The zero-order chi connectivity index (χ0) is 10.7. The van der Waals surface area contributed by atoms with Crippen LogP contribution in [0.25, 0.3) is 0 Å². The molecule has 0 radical (unpaired) electrons. The van der Waals surface area contributed by atoms with Gasteiger partial charge in [0, 0.05) is 9.50 Å². The first-order valence-corrected chi connectivity index (χ1v) is 5.23. The molecule has 4 heteroatoms. The molecule has 0 heterocycles. The van der Waals surface area contributed by atoms with Gasteiger partial charge in [0.2, 0.25) is 0 Å². The Kier molecular flexibility index (Phi) is 3.96. The van der Waals surface area contributed by atoms with Crippen LogP contribution in [0.2, 0.25) is 5.02 Å². The van der Waals surface area contributed by atoms with Gasteiger partial charge in [-0.25, -0.2) is 0 Å². The van der Waals surface area contributed by atoms with Crippen LogP contribution >= 0.6 is 27.5 Å². The van der Waals surface area contributed by atoms with Crippen LogP contribution in [0.5, 0.6) is 0 Å². The third-order valence-corrected chi connectivity index (χ3v) is 3.48. The van der Waals surface area contributed by atoms with Crippen molar-refractivity contribution < 1.29 is 9.53 Å². The van der Waals surface area contributed by atoms with Crippen molar-refractivity contribution in [3.63, 3.8) is 0 Å². The van der Waals surface area contributed by atoms with Gasteiger partial charge in [0.15, 0.2) is 0 Å². The quantitative estimate of drug-likeness (QED) is 0.776. The van der Waals surface area contributed by atoms with Crippen LogP contribution in [0.4, 0.5) is 0 Å². The number of carbonyl (C=O) groups is 1. The number of methoxy groups -OCH3 is 1. The second-order valence-electron chi connectivity index (χ2n) is 2.90. The average Bonchev–Trinajstić information content (AvgIpc) is 2.19. The molecule has 1 rings (SSSR count). The highest BCUT2D eigenvalue weighted by atomic mass is 79.9. The van der Waals surface area contributed by atoms with Gasteiger partial charge in [-0.2, -0.15) is 0 Å². The summed E-state index contributed by atoms with van der Waals surface area (Å²) in [5.74, 6) is -0.257. The van der Waals surface area contributed by atoms with E-state index in [1.54, 1.807) is 6.07 Å². The van der Waals surface area contributed by atoms with Crippen molar-refractivity contribution >= 4 is 33.5 Å². The lowest BCUT2D eigenvalue weighted by Gasteiger charge is -2.07. The number of benzene rings is 1. The zero-order valence-electron chi connectivity index (χ0n) is 7.93. The molecule has 2 nitrogen and oxygen atoms in total. The van der Waals surface area contributed by atoms with Gasteiger partial charge >= 0.3 is 5.97 Å². The molecule has 0 saturated carbocycles. The van der Waals surface area contributed by atoms with Crippen molar-refractivity contribution in [2.45, 2.75) is 13.3 Å². The highest BCUT2D eigenvalue weighted by molar-refractivity contribution is 9.10. The zero-order valence-corrected chi connectivity index (χ0v) is 10.3. The summed E-state index contributed by atoms with van der Waals surface area (Å²) in [5, 5.41) is 0.686. The first-order valence-electron chi connectivity index (χ1n) is 4.06. The summed E-state index contributed by atoms with van der Waals surface area (Å²) in [7, 11) is 1.37. The molecule has 1 aromatic rings. The normalized spacial score (nSPS) is 10.0. The van der Waals surface area contributed by atoms with Gasteiger partial charge in [-0.3, -0.25) is 4.79 Å². The maximum Gasteiger partial charge on any atom is 0.310 e. The molecule has 0 atom stereocenters. The Bertz CT molecular complexity index is 363. The molecule has 0 aliphatic heterocycles. The fourth-order valence-corrected chi connectivity index (χ4v) is 1.84. The third kappa shape index (κ3) is 2.49. The van der Waals surface area contributed by atoms with E-state index < -0.39 is 0 Å². The molecule has 14 heavy (non-hydrogen) atoms. The Morgan fingerprint density at radius 3 is 2.79 bits per heavy atom. The van der Waals surface area contributed by atoms with Gasteiger partial charge in [-0.1, -0.05) is 33.6 Å². The minimum Gasteiger partial charge on any atom is -0.469 e. The van der Waals surface area contributed by atoms with E-state index in [4.69, 9.17) is 11.6 Å². The van der Waals surface area contributed by atoms with E-state index in [1.807, 2.05) is 13.0 Å². The first kappa shape index (κ1) is 11.5. The number of halogens is 2. The number of hydrogen-bond acceptors (Lipinski definition) is 2. The van der Waals surface area contributed by atoms with Crippen molar-refractivity contribution in [1.82, 2.24) is 0 Å². The Morgan fingerprint density at radius 2 is 2.21 bits per heavy atom. The molecule has 0 N–H and O–H groups in total. The minimum atomic E-state index is -0.257. The molecule has 0 aromatic heterocycles. The maximum atomic E-state index is 11.1. The predicted octanol–water partition coefficient (Wildman–Crippen LogP) is 3.13. The average molecular weight is 278 g/mol. The fraction of sp³-hybridized carbons (Fsp3) is 0.300. The van der Waals surface area contributed by atoms with Crippen molar-refractivity contribution in [2.75, 3.05) is 7.11 Å². The summed E-state index contributed by atoms with van der Waals surface area (Å²) in [5.41, 5.74) is 1.83. The first-order chi connectivity index (χ1) is 6.56. The second kappa shape index (κ2) is 4.80. The monoisotopic (exact) mass is 276 g/mol. The number of esters is 1. The van der Waals surface area contributed by atoms with E-state index in [1.165, 1.54) is 7.11 Å². The highest BCUT2D eigenvalue weighted by Gasteiger charge is 2.10. The lowest BCUT2D eigenvalue weighted by atomic mass is 10.1. The molecule has 0 aliphatic carbocycles. The molecule has 0 unspecified atom stereocenters. The Balaban J connectivity index is 3.00. The summed E-state index contributed by atoms with van der Waals surface area (Å²) in [4.78, 5) is 11.1. The molecule has 76 valence electrons. The van der Waals surface area contributed by atoms with E-state index in [0.717, 1.165) is 15.6 Å². The highest BCUT2D eigenvalue weighted by Crippen LogP contribution is 2.27. The van der Waals surface area contributed by atoms with E-state index in [0.29, 0.717) is 5.02 Å². The molecule has 0 fully saturated rings. The topological polar surface area (TPSA) is 26.3 Å². The molecule has 0 saturated heterocycles. The Labute approximate surface area is 96.3 Å². The van der Waals surface area contributed by atoms with Crippen LogP contribution in [0, 0.1) is 6.92 Å². The van der Waals surface area contributed by atoms with Crippen LogP contribution in [0.3, 0.4) is 0 Å². The van der Waals surface area contributed by atoms with Crippen LogP contribution < -0.4 is 0 Å². The van der Waals surface area contributed by atoms with Crippen LogP contribution in [-0.2, 0) is 16.0 Å². The van der Waals surface area contributed by atoms with Crippen LogP contribution in [-0.4, -0.2) is 13.1 Å². The largest absolute Gasteiger partial charge is 0.469 e. The van der Waals surface area contributed by atoms with Crippen molar-refractivity contribution in [2.24, 2.45) is 0 Å². The Hall–Kier alpha value is -0.540. The lowest BCUT2D eigenvalue weighted by molar-refractivity contribution is -0.139. The van der Waals surface area contributed by atoms with E-state index >= 15 is 0 Å². The third-order valence-electron chi connectivity index (χ3n) is 1.96. The SMILES string of the molecule is COC(=O)Cc1ccc(Cl)c(C)c1Br. The number of ether oxygens (including phenoxy) is 1. The smallest absolute Gasteiger partial charge is 0.310 e. The molecule has 0 bridgehead atoms. The molecular weight excluding hydrogens is 267 g/mol. The van der Waals surface area contributed by atoms with Gasteiger partial charge in [0.1, 0.15) is 0 Å². The second-order valence-corrected chi connectivity index (χ2v) is 4.10. The van der Waals surface area contributed by atoms with Crippen LogP contribution in [0.1, 0.15) is 11.1 Å². The van der Waals surface area contributed by atoms with Crippen molar-refractivity contribution in [3.8, 4) is 0 Å². The minimum absolute atomic E-state index is 0.257. The molecule has 1 aromatic carbocycles. The van der Waals surface area contributed by atoms with Gasteiger partial charge in [0.05, 0.1) is 13.5 Å². The summed E-state index contributed by atoms with van der Waals surface area (Å²) >= 11 is 9.31. The number of hydrogen-bond donors (Lipinski definition) is 0. The molecule has 0 aliphatic rings. The van der Waals surface area contributed by atoms with Gasteiger partial charge < -0.3 is 4.74 Å². The summed E-state index contributed by atoms with van der Waals surface area (Å²) in [6.45, 7) is 1.90. The van der Waals surface area contributed by atoms with E-state index in [9.17, 15) is 4.79 Å². The molecule has 0 spiro atoms. The van der Waals surface area contributed by atoms with Crippen molar-refractivity contribution in [1.29, 1.82) is 0 Å². The number of carbonyl (C=O) groups excluding carboxylic acids is 1. The maximum absolute atomic E-state index is 11.1. The predicted molar refractivity (Wildman–Crippen MR) is 59.6 cm³/mol. The Morgan fingerprint density at radius 1 is 1.57 bits per heavy atom.